The fourth-order valence-corrected chi connectivity index (χ4v) is 3.97. The van der Waals surface area contributed by atoms with E-state index >= 15 is 0 Å². The van der Waals surface area contributed by atoms with Crippen molar-refractivity contribution in [1.29, 1.82) is 0 Å². The Balaban J connectivity index is 1.65. The number of hydrogen-bond acceptors (Lipinski definition) is 4. The van der Waals surface area contributed by atoms with Crippen molar-refractivity contribution in [2.24, 2.45) is 0 Å². The third-order valence-electron chi connectivity index (χ3n) is 5.23. The Morgan fingerprint density at radius 2 is 2.04 bits per heavy atom. The number of benzene rings is 1. The zero-order valence-electron chi connectivity index (χ0n) is 14.2. The summed E-state index contributed by atoms with van der Waals surface area (Å²) in [6, 6.07) is 6.78. The summed E-state index contributed by atoms with van der Waals surface area (Å²) < 4.78 is 29.5. The fourth-order valence-electron chi connectivity index (χ4n) is 3.97. The van der Waals surface area contributed by atoms with Gasteiger partial charge in [0.2, 0.25) is 0 Å². The number of hydrogen-bond donors (Lipinski definition) is 0. The lowest BCUT2D eigenvalue weighted by atomic mass is 10.1. The lowest BCUT2D eigenvalue weighted by Crippen LogP contribution is -2.31. The summed E-state index contributed by atoms with van der Waals surface area (Å²) in [5.74, 6) is -1.61. The summed E-state index contributed by atoms with van der Waals surface area (Å²) in [6.07, 6.45) is 7.50. The maximum absolute atomic E-state index is 14.2. The Bertz CT molecular complexity index is 1040. The van der Waals surface area contributed by atoms with E-state index in [1.165, 1.54) is 18.1 Å². The summed E-state index contributed by atoms with van der Waals surface area (Å²) >= 11 is 0. The first-order valence-corrected chi connectivity index (χ1v) is 8.63. The van der Waals surface area contributed by atoms with E-state index in [-0.39, 0.29) is 6.17 Å². The molecule has 1 aromatic carbocycles. The monoisotopic (exact) mass is 353 g/mol. The van der Waals surface area contributed by atoms with Gasteiger partial charge in [-0.05, 0) is 44.0 Å². The Kier molecular flexibility index (Phi) is 3.25. The molecular formula is C19H17F2N5. The molecule has 0 saturated carbocycles. The van der Waals surface area contributed by atoms with Crippen LogP contribution in [-0.4, -0.2) is 26.0 Å². The number of nitrogens with zero attached hydrogens (tertiary/aromatic N) is 5. The van der Waals surface area contributed by atoms with Crippen LogP contribution >= 0.6 is 0 Å². The van der Waals surface area contributed by atoms with Gasteiger partial charge in [0.25, 0.3) is 0 Å². The average molecular weight is 353 g/mol. The largest absolute Gasteiger partial charge is 0.349 e. The van der Waals surface area contributed by atoms with Gasteiger partial charge in [-0.1, -0.05) is 0 Å². The number of rotatable bonds is 2. The molecule has 4 heterocycles. The van der Waals surface area contributed by atoms with Gasteiger partial charge in [0, 0.05) is 41.5 Å². The molecule has 1 atom stereocenters. The van der Waals surface area contributed by atoms with Crippen molar-refractivity contribution in [1.82, 2.24) is 19.5 Å². The van der Waals surface area contributed by atoms with Crippen molar-refractivity contribution in [2.75, 3.05) is 11.4 Å². The van der Waals surface area contributed by atoms with Crippen molar-refractivity contribution in [2.45, 2.75) is 25.9 Å². The molecule has 0 amide bonds. The van der Waals surface area contributed by atoms with E-state index in [9.17, 15) is 8.78 Å². The molecule has 2 aromatic heterocycles. The average Bonchev–Trinajstić information content (AvgIpc) is 3.34. The molecule has 0 radical (unpaired) electrons. The van der Waals surface area contributed by atoms with Crippen LogP contribution in [0.1, 0.15) is 30.1 Å². The first-order chi connectivity index (χ1) is 12.6. The highest BCUT2D eigenvalue weighted by Crippen LogP contribution is 2.44. The zero-order chi connectivity index (χ0) is 17.8. The van der Waals surface area contributed by atoms with Gasteiger partial charge in [0.15, 0.2) is 17.3 Å². The van der Waals surface area contributed by atoms with Crippen LogP contribution in [0.25, 0.3) is 5.65 Å². The molecule has 0 spiro atoms. The van der Waals surface area contributed by atoms with E-state index in [0.717, 1.165) is 30.6 Å². The van der Waals surface area contributed by atoms with E-state index in [1.807, 2.05) is 23.2 Å². The molecule has 26 heavy (non-hydrogen) atoms. The third-order valence-corrected chi connectivity index (χ3v) is 5.23. The number of aromatic nitrogens is 3. The highest BCUT2D eigenvalue weighted by atomic mass is 19.2. The molecular weight excluding hydrogens is 336 g/mol. The Labute approximate surface area is 149 Å². The van der Waals surface area contributed by atoms with Crippen molar-refractivity contribution < 1.29 is 8.78 Å². The molecule has 0 bridgehead atoms. The predicted octanol–water partition coefficient (Wildman–Crippen LogP) is 3.77. The smallest absolute Gasteiger partial charge is 0.163 e. The van der Waals surface area contributed by atoms with Crippen LogP contribution in [0.15, 0.2) is 48.7 Å². The minimum atomic E-state index is -0.820. The van der Waals surface area contributed by atoms with Crippen LogP contribution in [0, 0.1) is 18.6 Å². The zero-order valence-corrected chi connectivity index (χ0v) is 14.2. The van der Waals surface area contributed by atoms with E-state index in [2.05, 4.69) is 21.2 Å². The van der Waals surface area contributed by atoms with Crippen LogP contribution in [0.2, 0.25) is 0 Å². The molecule has 0 aliphatic carbocycles. The SMILES string of the molecule is Cc1c(N2C=C3CCCN3C2c2ccc3ncnn3c2)ccc(F)c1F. The lowest BCUT2D eigenvalue weighted by molar-refractivity contribution is 0.318. The molecule has 7 heteroatoms. The van der Waals surface area contributed by atoms with Gasteiger partial charge in [0.05, 0.1) is 0 Å². The molecule has 5 nitrogen and oxygen atoms in total. The second kappa shape index (κ2) is 5.52. The van der Waals surface area contributed by atoms with Crippen molar-refractivity contribution >= 4 is 11.3 Å². The summed E-state index contributed by atoms with van der Waals surface area (Å²) in [6.45, 7) is 2.55. The van der Waals surface area contributed by atoms with Crippen LogP contribution in [0.5, 0.6) is 0 Å². The van der Waals surface area contributed by atoms with Crippen LogP contribution in [0.4, 0.5) is 14.5 Å². The Morgan fingerprint density at radius 3 is 2.92 bits per heavy atom. The van der Waals surface area contributed by atoms with Gasteiger partial charge in [-0.15, -0.1) is 0 Å². The van der Waals surface area contributed by atoms with E-state index in [1.54, 1.807) is 17.5 Å². The Hall–Kier alpha value is -2.96. The first kappa shape index (κ1) is 15.3. The second-order valence-electron chi connectivity index (χ2n) is 6.73. The normalized spacial score (nSPS) is 19.3. The summed E-state index contributed by atoms with van der Waals surface area (Å²) in [7, 11) is 0. The number of anilines is 1. The van der Waals surface area contributed by atoms with Gasteiger partial charge in [0.1, 0.15) is 12.5 Å². The Morgan fingerprint density at radius 1 is 1.15 bits per heavy atom. The van der Waals surface area contributed by atoms with Crippen molar-refractivity contribution in [3.63, 3.8) is 0 Å². The van der Waals surface area contributed by atoms with E-state index in [4.69, 9.17) is 0 Å². The standard InChI is InChI=1S/C19H17F2N5/c1-12-16(6-5-15(20)18(12)21)25-10-14-3-2-8-24(14)19(25)13-4-7-17-22-11-23-26(17)9-13/h4-7,9-11,19H,2-3,8H2,1H3. The maximum Gasteiger partial charge on any atom is 0.163 e. The van der Waals surface area contributed by atoms with Crippen molar-refractivity contribution in [3.05, 3.63) is 71.4 Å². The number of allylic oxidation sites excluding steroid dienone is 1. The molecule has 5 rings (SSSR count). The minimum absolute atomic E-state index is 0.107. The van der Waals surface area contributed by atoms with Crippen molar-refractivity contribution in [3.8, 4) is 0 Å². The summed E-state index contributed by atoms with van der Waals surface area (Å²) in [5.41, 5.74) is 4.01. The van der Waals surface area contributed by atoms with Crippen LogP contribution < -0.4 is 4.90 Å². The van der Waals surface area contributed by atoms with Gasteiger partial charge in [-0.25, -0.2) is 18.3 Å². The molecule has 132 valence electrons. The lowest BCUT2D eigenvalue weighted by Gasteiger charge is -2.33. The quantitative estimate of drug-likeness (QED) is 0.703. The summed E-state index contributed by atoms with van der Waals surface area (Å²) in [5, 5.41) is 4.22. The first-order valence-electron chi connectivity index (χ1n) is 8.63. The molecule has 3 aromatic rings. The van der Waals surface area contributed by atoms with Gasteiger partial charge in [-0.2, -0.15) is 5.10 Å². The number of fused-ring (bicyclic) bond motifs is 2. The maximum atomic E-state index is 14.2. The molecule has 2 aliphatic heterocycles. The number of pyridine rings is 1. The summed E-state index contributed by atoms with van der Waals surface area (Å²) in [4.78, 5) is 8.54. The van der Waals surface area contributed by atoms with E-state index < -0.39 is 11.6 Å². The molecule has 1 saturated heterocycles. The minimum Gasteiger partial charge on any atom is -0.349 e. The van der Waals surface area contributed by atoms with Gasteiger partial charge < -0.3 is 9.80 Å². The van der Waals surface area contributed by atoms with E-state index in [0.29, 0.717) is 11.3 Å². The predicted molar refractivity (Wildman–Crippen MR) is 93.3 cm³/mol. The topological polar surface area (TPSA) is 36.7 Å². The van der Waals surface area contributed by atoms with Crippen LogP contribution in [0.3, 0.4) is 0 Å². The highest BCUT2D eigenvalue weighted by molar-refractivity contribution is 5.60. The van der Waals surface area contributed by atoms with Crippen LogP contribution in [-0.2, 0) is 0 Å². The highest BCUT2D eigenvalue weighted by Gasteiger charge is 2.37. The molecule has 0 N–H and O–H groups in total. The third kappa shape index (κ3) is 2.13. The fraction of sp³-hybridized carbons (Fsp3) is 0.263. The van der Waals surface area contributed by atoms with Gasteiger partial charge in [-0.3, -0.25) is 0 Å². The second-order valence-corrected chi connectivity index (χ2v) is 6.73. The molecule has 1 fully saturated rings. The van der Waals surface area contributed by atoms with Gasteiger partial charge >= 0.3 is 0 Å². The number of halogens is 2. The molecule has 1 unspecified atom stereocenters. The molecule has 2 aliphatic rings.